The molecule has 6 atom stereocenters. The van der Waals surface area contributed by atoms with Crippen LogP contribution in [0.25, 0.3) is 10.8 Å². The van der Waals surface area contributed by atoms with E-state index in [1.165, 1.54) is 19.2 Å². The predicted octanol–water partition coefficient (Wildman–Crippen LogP) is 10.1. The van der Waals surface area contributed by atoms with Gasteiger partial charge >= 0.3 is 6.09 Å². The minimum Gasteiger partial charge on any atom is -0.487 e. The normalized spacial score (nSPS) is 22.0. The number of aromatic nitrogens is 1. The number of benzene rings is 4. The van der Waals surface area contributed by atoms with Crippen LogP contribution < -0.4 is 9.47 Å². The van der Waals surface area contributed by atoms with E-state index in [0.29, 0.717) is 35.6 Å². The molecule has 3 aliphatic rings. The second-order valence-electron chi connectivity index (χ2n) is 17.8. The van der Waals surface area contributed by atoms with Crippen LogP contribution in [-0.4, -0.2) is 75.6 Å². The number of carbonyl (C=O) groups is 1. The van der Waals surface area contributed by atoms with E-state index in [2.05, 4.69) is 23.7 Å². The molecule has 0 spiro atoms. The van der Waals surface area contributed by atoms with Gasteiger partial charge in [0.05, 0.1) is 42.5 Å². The van der Waals surface area contributed by atoms with Gasteiger partial charge in [0.25, 0.3) is 5.69 Å². The lowest BCUT2D eigenvalue weighted by atomic mass is 9.55. The van der Waals surface area contributed by atoms with Gasteiger partial charge in [-0.3, -0.25) is 20.0 Å². The summed E-state index contributed by atoms with van der Waals surface area (Å²) < 4.78 is 26.7. The summed E-state index contributed by atoms with van der Waals surface area (Å²) in [7, 11) is 1.37. The van der Waals surface area contributed by atoms with E-state index in [4.69, 9.17) is 28.9 Å². The first kappa shape index (κ1) is 47.9. The number of rotatable bonds is 21. The Labute approximate surface area is 397 Å². The van der Waals surface area contributed by atoms with Crippen molar-refractivity contribution in [1.82, 2.24) is 9.88 Å². The molecule has 2 N–H and O–H groups in total. The van der Waals surface area contributed by atoms with Crippen LogP contribution in [0.3, 0.4) is 0 Å². The minimum atomic E-state index is -1.52. The summed E-state index contributed by atoms with van der Waals surface area (Å²) in [5, 5.41) is 38.4. The van der Waals surface area contributed by atoms with Crippen LogP contribution >= 0.6 is 0 Å². The van der Waals surface area contributed by atoms with Gasteiger partial charge in [-0.1, -0.05) is 78.7 Å². The number of aryl methyl sites for hydroxylation is 1. The molecule has 0 bridgehead atoms. The number of aliphatic hydroxyl groups excluding tert-OH is 2. The Bertz CT molecular complexity index is 2630. The number of carbonyl (C=O) groups excluding carboxylic acids is 1. The Morgan fingerprint density at radius 2 is 1.74 bits per heavy atom. The number of nitrogens with zero attached hydrogens (tertiary/aromatic N) is 4. The van der Waals surface area contributed by atoms with Crippen LogP contribution in [0.4, 0.5) is 10.5 Å². The van der Waals surface area contributed by atoms with Gasteiger partial charge in [-0.25, -0.2) is 4.79 Å². The second kappa shape index (κ2) is 22.0. The van der Waals surface area contributed by atoms with E-state index in [1.807, 2.05) is 79.7 Å². The molecule has 1 saturated carbocycles. The highest BCUT2D eigenvalue weighted by molar-refractivity contribution is 6.03. The number of hydrogen-bond acceptors (Lipinski definition) is 12. The number of unbranched alkanes of at least 4 members (excludes halogenated alkanes) is 2. The van der Waals surface area contributed by atoms with Crippen molar-refractivity contribution in [2.45, 2.75) is 89.4 Å². The number of methoxy groups -OCH3 is 1. The fourth-order valence-electron chi connectivity index (χ4n) is 10.5. The van der Waals surface area contributed by atoms with E-state index in [1.54, 1.807) is 23.1 Å². The maximum atomic E-state index is 14.6. The summed E-state index contributed by atoms with van der Waals surface area (Å²) in [5.74, 6) is -1.16. The number of fused-ring (bicyclic) bond motifs is 3. The van der Waals surface area contributed by atoms with Crippen LogP contribution in [0.1, 0.15) is 78.9 Å². The van der Waals surface area contributed by atoms with Crippen molar-refractivity contribution in [2.24, 2.45) is 22.9 Å². The minimum absolute atomic E-state index is 0.00410. The number of ether oxygens (including phenoxy) is 4. The monoisotopic (exact) mass is 924 g/mol. The van der Waals surface area contributed by atoms with Gasteiger partial charge in [0, 0.05) is 48.9 Å². The number of amides is 1. The number of allylic oxidation sites excluding steroid dienone is 1. The van der Waals surface area contributed by atoms with Crippen LogP contribution in [0.2, 0.25) is 0 Å². The molecule has 2 heterocycles. The first-order valence-corrected chi connectivity index (χ1v) is 23.5. The van der Waals surface area contributed by atoms with Crippen LogP contribution in [0, 0.1) is 34.8 Å². The van der Waals surface area contributed by atoms with Gasteiger partial charge in [-0.15, -0.1) is 6.58 Å². The largest absolute Gasteiger partial charge is 0.487 e. The molecule has 356 valence electrons. The number of pyridine rings is 1. The average molecular weight is 925 g/mol. The van der Waals surface area contributed by atoms with Crippen molar-refractivity contribution in [3.05, 3.63) is 166 Å². The zero-order valence-corrected chi connectivity index (χ0v) is 38.7. The SMILES string of the molecule is C=CCOC12Oc3ccc(OCc4cccc(C)n4)cc3C3C(CCCCO)C(CCCCO)C=C(C(=NOCc4ccc([N+](=O)[O-])cc4)CC1N(Cc1cccc4ccccc14)C(=O)OC)C32. The van der Waals surface area contributed by atoms with E-state index >= 15 is 0 Å². The van der Waals surface area contributed by atoms with Crippen LogP contribution in [0.5, 0.6) is 11.5 Å². The Hall–Kier alpha value is -6.61. The molecule has 14 heteroatoms. The molecular formula is C54H60N4O10. The third-order valence-electron chi connectivity index (χ3n) is 13.5. The van der Waals surface area contributed by atoms with Crippen molar-refractivity contribution >= 4 is 28.3 Å². The van der Waals surface area contributed by atoms with Gasteiger partial charge < -0.3 is 34.0 Å². The van der Waals surface area contributed by atoms with E-state index in [-0.39, 0.29) is 69.4 Å². The molecule has 0 saturated heterocycles. The molecule has 68 heavy (non-hydrogen) atoms. The highest BCUT2D eigenvalue weighted by Gasteiger charge is 2.65. The van der Waals surface area contributed by atoms with E-state index in [9.17, 15) is 25.1 Å². The maximum absolute atomic E-state index is 14.6. The molecule has 1 amide bonds. The molecule has 5 aromatic rings. The Morgan fingerprint density at radius 3 is 2.49 bits per heavy atom. The van der Waals surface area contributed by atoms with Gasteiger partial charge in [-0.05, 0) is 114 Å². The maximum Gasteiger partial charge on any atom is 0.410 e. The lowest BCUT2D eigenvalue weighted by molar-refractivity contribution is -0.384. The van der Waals surface area contributed by atoms with Crippen LogP contribution in [0.15, 0.2) is 133 Å². The summed E-state index contributed by atoms with van der Waals surface area (Å²) in [6.45, 7) is 6.64. The third-order valence-corrected chi connectivity index (χ3v) is 13.5. The molecular weight excluding hydrogens is 865 g/mol. The molecule has 14 nitrogen and oxygen atoms in total. The number of aliphatic hydroxyl groups is 2. The van der Waals surface area contributed by atoms with Crippen molar-refractivity contribution < 1.29 is 43.7 Å². The molecule has 1 aromatic heterocycles. The smallest absolute Gasteiger partial charge is 0.410 e. The summed E-state index contributed by atoms with van der Waals surface area (Å²) in [5.41, 5.74) is 5.62. The molecule has 2 aliphatic carbocycles. The van der Waals surface area contributed by atoms with Crippen molar-refractivity contribution in [2.75, 3.05) is 26.9 Å². The first-order chi connectivity index (χ1) is 33.2. The number of non-ortho nitro benzene ring substituents is 1. The molecule has 0 radical (unpaired) electrons. The van der Waals surface area contributed by atoms with Gasteiger partial charge in [-0.2, -0.15) is 0 Å². The van der Waals surface area contributed by atoms with Gasteiger partial charge in [0.2, 0.25) is 5.79 Å². The quantitative estimate of drug-likeness (QED) is 0.0310. The third kappa shape index (κ3) is 10.3. The zero-order chi connectivity index (χ0) is 47.6. The number of nitro benzene ring substituents is 1. The summed E-state index contributed by atoms with van der Waals surface area (Å²) in [4.78, 5) is 38.1. The lowest BCUT2D eigenvalue weighted by Gasteiger charge is -2.59. The zero-order valence-electron chi connectivity index (χ0n) is 38.7. The standard InChI is InChI=1S/C54H60N4O10/c1-4-29-66-54-50(57(53(61)64-3)33-40-17-12-16-38-14-5-6-19-44(38)40)32-48(56-67-34-37-21-23-42(24-22-37)58(62)63)46-30-39(15-7-9-27-59)45(20-8-10-28-60)51(52(46)54)47-31-43(25-26-49(47)68-54)65-35-41-18-11-13-36(2)55-41/h4-6,11-14,16-19,21-26,30-31,39,45,50-52,59-60H,1,7-10,15,20,27-29,32-35H2,2-3H3. The second-order valence-corrected chi connectivity index (χ2v) is 17.8. The summed E-state index contributed by atoms with van der Waals surface area (Å²) in [6, 6.07) is 31.1. The lowest BCUT2D eigenvalue weighted by Crippen LogP contribution is -2.70. The average Bonchev–Trinajstić information content (AvgIpc) is 3.35. The number of oxime groups is 1. The fraction of sp³-hybridized carbons (Fsp3) is 0.389. The summed E-state index contributed by atoms with van der Waals surface area (Å²) in [6.07, 6.45) is 7.85. The highest BCUT2D eigenvalue weighted by atomic mass is 16.7. The number of nitro groups is 1. The predicted molar refractivity (Wildman–Crippen MR) is 258 cm³/mol. The Morgan fingerprint density at radius 1 is 0.971 bits per heavy atom. The molecule has 8 rings (SSSR count). The Balaban J connectivity index is 1.32. The van der Waals surface area contributed by atoms with Crippen molar-refractivity contribution in [3.63, 3.8) is 0 Å². The molecule has 1 aliphatic heterocycles. The van der Waals surface area contributed by atoms with E-state index in [0.717, 1.165) is 64.5 Å². The van der Waals surface area contributed by atoms with Crippen molar-refractivity contribution in [1.29, 1.82) is 0 Å². The van der Waals surface area contributed by atoms with E-state index < -0.39 is 28.8 Å². The Kier molecular flexibility index (Phi) is 15.5. The van der Waals surface area contributed by atoms with Gasteiger partial charge in [0.1, 0.15) is 30.8 Å². The fourth-order valence-corrected chi connectivity index (χ4v) is 10.5. The van der Waals surface area contributed by atoms with Gasteiger partial charge in [0.15, 0.2) is 0 Å². The topological polar surface area (TPSA) is 175 Å². The molecule has 1 fully saturated rings. The summed E-state index contributed by atoms with van der Waals surface area (Å²) >= 11 is 0. The highest BCUT2D eigenvalue weighted by Crippen LogP contribution is 2.62. The van der Waals surface area contributed by atoms with Crippen LogP contribution in [-0.2, 0) is 34.1 Å². The first-order valence-electron chi connectivity index (χ1n) is 23.5. The molecule has 4 aromatic carbocycles. The molecule has 6 unspecified atom stereocenters. The van der Waals surface area contributed by atoms with Crippen molar-refractivity contribution in [3.8, 4) is 11.5 Å². The number of hydrogen-bond donors (Lipinski definition) is 2.